The van der Waals surface area contributed by atoms with E-state index in [9.17, 15) is 0 Å². The van der Waals surface area contributed by atoms with Crippen LogP contribution in [0, 0.1) is 5.92 Å². The molecule has 0 aliphatic rings. The lowest BCUT2D eigenvalue weighted by Gasteiger charge is -2.10. The summed E-state index contributed by atoms with van der Waals surface area (Å²) in [6.07, 6.45) is 2.25. The van der Waals surface area contributed by atoms with E-state index in [1.807, 2.05) is 11.8 Å². The molecule has 110 valence electrons. The van der Waals surface area contributed by atoms with E-state index in [1.54, 1.807) is 7.11 Å². The molecule has 0 saturated carbocycles. The zero-order chi connectivity index (χ0) is 14.4. The standard InChI is InChI=1S/C16H24N2OS/c1-13(2)9-10-18-15-8-5-4-7-14(15)17-16(18)20-12-6-11-19-3/h4-5,7-8,13H,6,9-12H2,1-3H3. The summed E-state index contributed by atoms with van der Waals surface area (Å²) in [5.41, 5.74) is 2.35. The Bertz CT molecular complexity index is 536. The highest BCUT2D eigenvalue weighted by atomic mass is 32.2. The van der Waals surface area contributed by atoms with Crippen LogP contribution >= 0.6 is 11.8 Å². The van der Waals surface area contributed by atoms with Crippen LogP contribution in [0.15, 0.2) is 29.4 Å². The molecule has 0 aliphatic heterocycles. The molecule has 2 rings (SSSR count). The second-order valence-corrected chi connectivity index (χ2v) is 6.47. The summed E-state index contributed by atoms with van der Waals surface area (Å²) < 4.78 is 7.48. The molecule has 20 heavy (non-hydrogen) atoms. The summed E-state index contributed by atoms with van der Waals surface area (Å²) in [5, 5.41) is 1.14. The van der Waals surface area contributed by atoms with Crippen LogP contribution in [0.1, 0.15) is 26.7 Å². The number of rotatable bonds is 8. The Hall–Kier alpha value is -1.00. The van der Waals surface area contributed by atoms with E-state index in [0.29, 0.717) is 5.92 Å². The minimum absolute atomic E-state index is 0.711. The molecule has 2 aromatic rings. The highest BCUT2D eigenvalue weighted by molar-refractivity contribution is 7.99. The van der Waals surface area contributed by atoms with E-state index in [2.05, 4.69) is 42.7 Å². The maximum absolute atomic E-state index is 5.11. The van der Waals surface area contributed by atoms with E-state index < -0.39 is 0 Å². The van der Waals surface area contributed by atoms with Gasteiger partial charge in [-0.05, 0) is 30.9 Å². The van der Waals surface area contributed by atoms with E-state index in [-0.39, 0.29) is 0 Å². The van der Waals surface area contributed by atoms with Crippen LogP contribution in [-0.2, 0) is 11.3 Å². The molecule has 0 amide bonds. The number of hydrogen-bond donors (Lipinski definition) is 0. The number of hydrogen-bond acceptors (Lipinski definition) is 3. The Morgan fingerprint density at radius 3 is 2.85 bits per heavy atom. The van der Waals surface area contributed by atoms with Gasteiger partial charge >= 0.3 is 0 Å². The summed E-state index contributed by atoms with van der Waals surface area (Å²) in [4.78, 5) is 4.77. The molecule has 0 aliphatic carbocycles. The van der Waals surface area contributed by atoms with Crippen molar-refractivity contribution in [3.63, 3.8) is 0 Å². The molecular formula is C16H24N2OS. The van der Waals surface area contributed by atoms with Crippen molar-refractivity contribution >= 4 is 22.8 Å². The van der Waals surface area contributed by atoms with Gasteiger partial charge in [-0.25, -0.2) is 4.98 Å². The Morgan fingerprint density at radius 1 is 1.30 bits per heavy atom. The van der Waals surface area contributed by atoms with Crippen LogP contribution < -0.4 is 0 Å². The van der Waals surface area contributed by atoms with Gasteiger partial charge in [0, 0.05) is 26.0 Å². The van der Waals surface area contributed by atoms with Crippen LogP contribution in [0.25, 0.3) is 11.0 Å². The van der Waals surface area contributed by atoms with Gasteiger partial charge in [-0.15, -0.1) is 0 Å². The first-order valence-electron chi connectivity index (χ1n) is 7.29. The molecular weight excluding hydrogens is 268 g/mol. The number of thioether (sulfide) groups is 1. The van der Waals surface area contributed by atoms with Crippen LogP contribution in [0.4, 0.5) is 0 Å². The number of benzene rings is 1. The van der Waals surface area contributed by atoms with Crippen molar-refractivity contribution < 1.29 is 4.74 Å². The topological polar surface area (TPSA) is 27.1 Å². The van der Waals surface area contributed by atoms with Gasteiger partial charge in [-0.2, -0.15) is 0 Å². The van der Waals surface area contributed by atoms with E-state index in [0.717, 1.165) is 36.0 Å². The Morgan fingerprint density at radius 2 is 2.10 bits per heavy atom. The number of para-hydroxylation sites is 2. The molecule has 0 unspecified atom stereocenters. The van der Waals surface area contributed by atoms with Crippen LogP contribution in [0.2, 0.25) is 0 Å². The van der Waals surface area contributed by atoms with E-state index in [4.69, 9.17) is 9.72 Å². The fourth-order valence-electron chi connectivity index (χ4n) is 2.13. The fraction of sp³-hybridized carbons (Fsp3) is 0.562. The van der Waals surface area contributed by atoms with Gasteiger partial charge in [0.15, 0.2) is 5.16 Å². The number of methoxy groups -OCH3 is 1. The average molecular weight is 292 g/mol. The first-order chi connectivity index (χ1) is 9.72. The van der Waals surface area contributed by atoms with Crippen molar-refractivity contribution in [2.24, 2.45) is 5.92 Å². The van der Waals surface area contributed by atoms with Gasteiger partial charge in [0.25, 0.3) is 0 Å². The Labute approximate surface area is 125 Å². The van der Waals surface area contributed by atoms with Gasteiger partial charge in [-0.1, -0.05) is 37.7 Å². The van der Waals surface area contributed by atoms with Crippen molar-refractivity contribution in [2.75, 3.05) is 19.5 Å². The first kappa shape index (κ1) is 15.4. The monoisotopic (exact) mass is 292 g/mol. The molecule has 4 heteroatoms. The molecule has 1 aromatic heterocycles. The summed E-state index contributed by atoms with van der Waals surface area (Å²) in [6, 6.07) is 8.42. The van der Waals surface area contributed by atoms with Crippen molar-refractivity contribution in [1.29, 1.82) is 0 Å². The second-order valence-electron chi connectivity index (χ2n) is 5.41. The summed E-state index contributed by atoms with van der Waals surface area (Å²) in [5.74, 6) is 1.77. The summed E-state index contributed by atoms with van der Waals surface area (Å²) in [7, 11) is 1.75. The first-order valence-corrected chi connectivity index (χ1v) is 8.28. The van der Waals surface area contributed by atoms with E-state index >= 15 is 0 Å². The zero-order valence-corrected chi connectivity index (χ0v) is 13.4. The lowest BCUT2D eigenvalue weighted by molar-refractivity contribution is 0.200. The van der Waals surface area contributed by atoms with Crippen molar-refractivity contribution in [3.05, 3.63) is 24.3 Å². The number of aromatic nitrogens is 2. The predicted molar refractivity (Wildman–Crippen MR) is 86.4 cm³/mol. The van der Waals surface area contributed by atoms with Gasteiger partial charge in [0.2, 0.25) is 0 Å². The third kappa shape index (κ3) is 4.00. The minimum atomic E-state index is 0.711. The van der Waals surface area contributed by atoms with Crippen molar-refractivity contribution in [3.8, 4) is 0 Å². The van der Waals surface area contributed by atoms with Crippen molar-refractivity contribution in [2.45, 2.75) is 38.4 Å². The van der Waals surface area contributed by atoms with Crippen LogP contribution in [-0.4, -0.2) is 29.0 Å². The second kappa shape index (κ2) is 7.70. The van der Waals surface area contributed by atoms with Gasteiger partial charge in [-0.3, -0.25) is 0 Å². The highest BCUT2D eigenvalue weighted by Crippen LogP contribution is 2.25. The van der Waals surface area contributed by atoms with Gasteiger partial charge in [0.05, 0.1) is 11.0 Å². The third-order valence-electron chi connectivity index (χ3n) is 3.27. The molecule has 0 bridgehead atoms. The van der Waals surface area contributed by atoms with Gasteiger partial charge in [0.1, 0.15) is 0 Å². The Kier molecular flexibility index (Phi) is 5.92. The number of nitrogens with zero attached hydrogens (tertiary/aromatic N) is 2. The SMILES string of the molecule is COCCCSc1nc2ccccc2n1CCC(C)C. The number of ether oxygens (including phenoxy) is 1. The summed E-state index contributed by atoms with van der Waals surface area (Å²) >= 11 is 1.84. The molecule has 0 radical (unpaired) electrons. The quantitative estimate of drug-likeness (QED) is 0.538. The normalized spacial score (nSPS) is 11.6. The maximum Gasteiger partial charge on any atom is 0.169 e. The molecule has 1 aromatic carbocycles. The van der Waals surface area contributed by atoms with Crippen LogP contribution in [0.3, 0.4) is 0 Å². The lowest BCUT2D eigenvalue weighted by Crippen LogP contribution is -2.03. The van der Waals surface area contributed by atoms with Crippen LogP contribution in [0.5, 0.6) is 0 Å². The van der Waals surface area contributed by atoms with E-state index in [1.165, 1.54) is 11.9 Å². The lowest BCUT2D eigenvalue weighted by atomic mass is 10.1. The fourth-order valence-corrected chi connectivity index (χ4v) is 3.09. The van der Waals surface area contributed by atoms with Crippen molar-refractivity contribution in [1.82, 2.24) is 9.55 Å². The molecule has 0 atom stereocenters. The number of fused-ring (bicyclic) bond motifs is 1. The third-order valence-corrected chi connectivity index (χ3v) is 4.34. The molecule has 0 saturated heterocycles. The zero-order valence-electron chi connectivity index (χ0n) is 12.6. The van der Waals surface area contributed by atoms with Gasteiger partial charge < -0.3 is 9.30 Å². The average Bonchev–Trinajstić information content (AvgIpc) is 2.79. The molecule has 0 N–H and O–H groups in total. The maximum atomic E-state index is 5.11. The molecule has 3 nitrogen and oxygen atoms in total. The molecule has 1 heterocycles. The highest BCUT2D eigenvalue weighted by Gasteiger charge is 2.11. The largest absolute Gasteiger partial charge is 0.385 e. The number of imidazole rings is 1. The summed E-state index contributed by atoms with van der Waals surface area (Å²) in [6.45, 7) is 6.40. The molecule has 0 spiro atoms. The smallest absolute Gasteiger partial charge is 0.169 e. The molecule has 0 fully saturated rings. The predicted octanol–water partition coefficient (Wildman–Crippen LogP) is 4.21. The number of aryl methyl sites for hydroxylation is 1. The minimum Gasteiger partial charge on any atom is -0.385 e. The Balaban J connectivity index is 2.15.